The van der Waals surface area contributed by atoms with E-state index in [9.17, 15) is 0 Å². The van der Waals surface area contributed by atoms with E-state index in [-0.39, 0.29) is 0 Å². The molecule has 1 fully saturated rings. The highest BCUT2D eigenvalue weighted by molar-refractivity contribution is 9.10. The number of aromatic nitrogens is 1. The zero-order valence-electron chi connectivity index (χ0n) is 13.0. The van der Waals surface area contributed by atoms with E-state index in [4.69, 9.17) is 0 Å². The number of benzene rings is 1. The number of nitrogens with zero attached hydrogens (tertiary/aromatic N) is 1. The number of fused-ring (bicyclic) bond motifs is 1. The number of nitrogens with one attached hydrogen (secondary N) is 1. The quantitative estimate of drug-likeness (QED) is 0.832. The molecule has 21 heavy (non-hydrogen) atoms. The molecule has 1 aromatic heterocycles. The van der Waals surface area contributed by atoms with Crippen LogP contribution < -0.4 is 5.32 Å². The molecule has 0 amide bonds. The summed E-state index contributed by atoms with van der Waals surface area (Å²) in [6.07, 6.45) is 5.48. The van der Waals surface area contributed by atoms with Gasteiger partial charge in [-0.3, -0.25) is 0 Å². The van der Waals surface area contributed by atoms with Crippen LogP contribution in [0.15, 0.2) is 28.7 Å². The Bertz CT molecular complexity index is 617. The van der Waals surface area contributed by atoms with Gasteiger partial charge in [0.05, 0.1) is 0 Å². The molecule has 1 heterocycles. The summed E-state index contributed by atoms with van der Waals surface area (Å²) in [4.78, 5) is 0. The minimum absolute atomic E-state index is 0.722. The number of hydrogen-bond donors (Lipinski definition) is 1. The summed E-state index contributed by atoms with van der Waals surface area (Å²) >= 11 is 3.74. The Morgan fingerprint density at radius 3 is 2.90 bits per heavy atom. The van der Waals surface area contributed by atoms with E-state index < -0.39 is 0 Å². The number of halogens is 1. The molecule has 1 saturated carbocycles. The second kappa shape index (κ2) is 6.53. The van der Waals surface area contributed by atoms with E-state index >= 15 is 0 Å². The molecular weight excluding hydrogens is 324 g/mol. The van der Waals surface area contributed by atoms with Crippen LogP contribution in [0.3, 0.4) is 0 Å². The second-order valence-electron chi connectivity index (χ2n) is 6.49. The molecule has 2 aromatic rings. The van der Waals surface area contributed by atoms with E-state index in [2.05, 4.69) is 63.9 Å². The van der Waals surface area contributed by atoms with Crippen molar-refractivity contribution in [2.24, 2.45) is 5.92 Å². The van der Waals surface area contributed by atoms with Gasteiger partial charge in [0.1, 0.15) is 0 Å². The molecule has 2 unspecified atom stereocenters. The van der Waals surface area contributed by atoms with Gasteiger partial charge in [0.2, 0.25) is 0 Å². The number of para-hydroxylation sites is 1. The topological polar surface area (TPSA) is 17.0 Å². The molecule has 2 atom stereocenters. The van der Waals surface area contributed by atoms with Crippen molar-refractivity contribution in [2.45, 2.75) is 52.1 Å². The van der Waals surface area contributed by atoms with Gasteiger partial charge in [-0.05, 0) is 47.7 Å². The van der Waals surface area contributed by atoms with Gasteiger partial charge in [-0.15, -0.1) is 0 Å². The van der Waals surface area contributed by atoms with E-state index in [1.807, 2.05) is 0 Å². The van der Waals surface area contributed by atoms with Crippen LogP contribution in [0.4, 0.5) is 0 Å². The van der Waals surface area contributed by atoms with Crippen molar-refractivity contribution in [3.8, 4) is 0 Å². The maximum absolute atomic E-state index is 3.77. The molecule has 1 aliphatic carbocycles. The highest BCUT2D eigenvalue weighted by Crippen LogP contribution is 2.30. The molecule has 0 aliphatic heterocycles. The highest BCUT2D eigenvalue weighted by atomic mass is 79.9. The monoisotopic (exact) mass is 348 g/mol. The molecule has 2 nitrogen and oxygen atoms in total. The van der Waals surface area contributed by atoms with Crippen molar-refractivity contribution >= 4 is 26.8 Å². The van der Waals surface area contributed by atoms with Crippen LogP contribution in [-0.4, -0.2) is 17.2 Å². The van der Waals surface area contributed by atoms with Gasteiger partial charge in [0.25, 0.3) is 0 Å². The minimum atomic E-state index is 0.722. The lowest BCUT2D eigenvalue weighted by Gasteiger charge is -2.27. The van der Waals surface area contributed by atoms with Gasteiger partial charge in [0.15, 0.2) is 0 Å². The van der Waals surface area contributed by atoms with Gasteiger partial charge in [-0.1, -0.05) is 38.0 Å². The third-order valence-electron chi connectivity index (χ3n) is 4.86. The summed E-state index contributed by atoms with van der Waals surface area (Å²) < 4.78 is 3.67. The van der Waals surface area contributed by atoms with Crippen LogP contribution in [0.25, 0.3) is 10.9 Å². The summed E-state index contributed by atoms with van der Waals surface area (Å²) in [5.41, 5.74) is 2.66. The predicted octanol–water partition coefficient (Wildman–Crippen LogP) is 4.88. The average molecular weight is 349 g/mol. The highest BCUT2D eigenvalue weighted by Gasteiger charge is 2.18. The summed E-state index contributed by atoms with van der Waals surface area (Å²) in [5, 5.41) is 5.09. The van der Waals surface area contributed by atoms with E-state index in [1.165, 1.54) is 46.8 Å². The maximum atomic E-state index is 3.77. The summed E-state index contributed by atoms with van der Waals surface area (Å²) in [6, 6.07) is 9.37. The van der Waals surface area contributed by atoms with E-state index in [0.717, 1.165) is 25.0 Å². The smallest absolute Gasteiger partial charge is 0.0494 e. The standard InChI is InChI=1S/C18H25BrN2/c1-13-6-5-7-15(12-13)20-10-11-21-14(2)18(19)16-8-3-4-9-17(16)21/h3-4,8-9,13,15,20H,5-7,10-12H2,1-2H3. The molecule has 3 rings (SSSR count). The van der Waals surface area contributed by atoms with Gasteiger partial charge >= 0.3 is 0 Å². The first kappa shape index (κ1) is 15.1. The fourth-order valence-corrected chi connectivity index (χ4v) is 4.23. The van der Waals surface area contributed by atoms with Crippen LogP contribution in [0.2, 0.25) is 0 Å². The summed E-state index contributed by atoms with van der Waals surface area (Å²) in [5.74, 6) is 0.888. The van der Waals surface area contributed by atoms with Crippen molar-refractivity contribution in [3.63, 3.8) is 0 Å². The maximum Gasteiger partial charge on any atom is 0.0494 e. The normalized spacial score (nSPS) is 22.8. The fourth-order valence-electron chi connectivity index (χ4n) is 3.68. The van der Waals surface area contributed by atoms with Crippen LogP contribution in [0.1, 0.15) is 38.3 Å². The lowest BCUT2D eigenvalue weighted by Crippen LogP contribution is -2.35. The molecule has 1 aromatic carbocycles. The molecular formula is C18H25BrN2. The summed E-state index contributed by atoms with van der Waals surface area (Å²) in [7, 11) is 0. The van der Waals surface area contributed by atoms with Crippen molar-refractivity contribution in [3.05, 3.63) is 34.4 Å². The third-order valence-corrected chi connectivity index (χ3v) is 5.86. The minimum Gasteiger partial charge on any atom is -0.342 e. The lowest BCUT2D eigenvalue weighted by molar-refractivity contribution is 0.299. The first-order valence-electron chi connectivity index (χ1n) is 8.13. The SMILES string of the molecule is Cc1c(Br)c2ccccc2n1CCNC1CCCC(C)C1. The van der Waals surface area contributed by atoms with Crippen LogP contribution in [0, 0.1) is 12.8 Å². The van der Waals surface area contributed by atoms with Crippen molar-refractivity contribution in [1.82, 2.24) is 9.88 Å². The number of rotatable bonds is 4. The molecule has 0 bridgehead atoms. The van der Waals surface area contributed by atoms with Crippen LogP contribution >= 0.6 is 15.9 Å². The lowest BCUT2D eigenvalue weighted by atomic mass is 9.87. The molecule has 0 spiro atoms. The molecule has 1 N–H and O–H groups in total. The first-order chi connectivity index (χ1) is 10.2. The van der Waals surface area contributed by atoms with Crippen molar-refractivity contribution in [2.75, 3.05) is 6.54 Å². The first-order valence-corrected chi connectivity index (χ1v) is 8.93. The summed E-state index contributed by atoms with van der Waals surface area (Å²) in [6.45, 7) is 6.69. The van der Waals surface area contributed by atoms with Gasteiger partial charge in [-0.2, -0.15) is 0 Å². The Labute approximate surface area is 136 Å². The molecule has 3 heteroatoms. The van der Waals surface area contributed by atoms with Gasteiger partial charge in [-0.25, -0.2) is 0 Å². The second-order valence-corrected chi connectivity index (χ2v) is 7.28. The molecule has 0 saturated heterocycles. The molecule has 114 valence electrons. The Morgan fingerprint density at radius 1 is 1.29 bits per heavy atom. The van der Waals surface area contributed by atoms with Gasteiger partial charge in [0, 0.05) is 40.2 Å². The zero-order chi connectivity index (χ0) is 14.8. The fraction of sp³-hybridized carbons (Fsp3) is 0.556. The Hall–Kier alpha value is -0.800. The molecule has 1 aliphatic rings. The van der Waals surface area contributed by atoms with E-state index in [0.29, 0.717) is 0 Å². The van der Waals surface area contributed by atoms with Crippen molar-refractivity contribution < 1.29 is 0 Å². The van der Waals surface area contributed by atoms with Crippen LogP contribution in [-0.2, 0) is 6.54 Å². The predicted molar refractivity (Wildman–Crippen MR) is 93.8 cm³/mol. The largest absolute Gasteiger partial charge is 0.342 e. The zero-order valence-corrected chi connectivity index (χ0v) is 14.6. The van der Waals surface area contributed by atoms with Crippen molar-refractivity contribution in [1.29, 1.82) is 0 Å². The van der Waals surface area contributed by atoms with E-state index in [1.54, 1.807) is 0 Å². The average Bonchev–Trinajstić information content (AvgIpc) is 2.73. The third kappa shape index (κ3) is 3.19. The molecule has 0 radical (unpaired) electrons. The van der Waals surface area contributed by atoms with Crippen LogP contribution in [0.5, 0.6) is 0 Å². The Balaban J connectivity index is 1.67. The number of hydrogen-bond acceptors (Lipinski definition) is 1. The Kier molecular flexibility index (Phi) is 4.70. The Morgan fingerprint density at radius 2 is 2.10 bits per heavy atom. The van der Waals surface area contributed by atoms with Gasteiger partial charge < -0.3 is 9.88 Å².